The van der Waals surface area contributed by atoms with E-state index in [-0.39, 0.29) is 6.04 Å². The zero-order chi connectivity index (χ0) is 14.7. The van der Waals surface area contributed by atoms with Crippen LogP contribution in [0.4, 0.5) is 0 Å². The second-order valence-electron chi connectivity index (χ2n) is 4.61. The molecule has 0 saturated heterocycles. The summed E-state index contributed by atoms with van der Waals surface area (Å²) in [7, 11) is 1.70. The molecule has 3 nitrogen and oxygen atoms in total. The van der Waals surface area contributed by atoms with Crippen LogP contribution in [-0.2, 0) is 11.2 Å². The number of alkyl halides is 1. The Labute approximate surface area is 133 Å². The lowest BCUT2D eigenvalue weighted by atomic mass is 10.2. The lowest BCUT2D eigenvalue weighted by Gasteiger charge is -2.19. The molecule has 20 heavy (non-hydrogen) atoms. The quantitative estimate of drug-likeness (QED) is 0.714. The topological polar surface area (TPSA) is 27.1 Å². The molecule has 1 aromatic heterocycles. The SMILES string of the molecule is CCC(COC)n1c(CCCl)nc2cc(Cl)c(Cl)cc21. The van der Waals surface area contributed by atoms with E-state index < -0.39 is 0 Å². The molecule has 0 aliphatic heterocycles. The Kier molecular flexibility index (Phi) is 5.56. The lowest BCUT2D eigenvalue weighted by molar-refractivity contribution is 0.153. The number of nitrogens with zero attached hydrogens (tertiary/aromatic N) is 2. The maximum atomic E-state index is 6.14. The number of aryl methyl sites for hydroxylation is 1. The van der Waals surface area contributed by atoms with Gasteiger partial charge in [-0.25, -0.2) is 4.98 Å². The number of hydrogen-bond acceptors (Lipinski definition) is 2. The van der Waals surface area contributed by atoms with E-state index in [0.717, 1.165) is 23.3 Å². The van der Waals surface area contributed by atoms with Gasteiger partial charge in [-0.2, -0.15) is 0 Å². The van der Waals surface area contributed by atoms with E-state index in [1.165, 1.54) is 0 Å². The van der Waals surface area contributed by atoms with Crippen molar-refractivity contribution < 1.29 is 4.74 Å². The van der Waals surface area contributed by atoms with Crippen molar-refractivity contribution in [1.29, 1.82) is 0 Å². The maximum Gasteiger partial charge on any atom is 0.111 e. The summed E-state index contributed by atoms with van der Waals surface area (Å²) >= 11 is 18.1. The molecule has 1 heterocycles. The highest BCUT2D eigenvalue weighted by Gasteiger charge is 2.18. The first-order chi connectivity index (χ1) is 9.62. The normalized spacial score (nSPS) is 13.1. The molecule has 0 spiro atoms. The molecule has 0 radical (unpaired) electrons. The number of methoxy groups -OCH3 is 1. The molecular formula is C14H17Cl3N2O. The highest BCUT2D eigenvalue weighted by molar-refractivity contribution is 6.42. The summed E-state index contributed by atoms with van der Waals surface area (Å²) in [6.45, 7) is 2.75. The molecule has 0 amide bonds. The molecule has 0 aliphatic carbocycles. The zero-order valence-corrected chi connectivity index (χ0v) is 13.8. The van der Waals surface area contributed by atoms with Gasteiger partial charge in [0.15, 0.2) is 0 Å². The molecule has 1 atom stereocenters. The fourth-order valence-corrected chi connectivity index (χ4v) is 2.86. The summed E-state index contributed by atoms with van der Waals surface area (Å²) in [6, 6.07) is 3.87. The molecular weight excluding hydrogens is 319 g/mol. The van der Waals surface area contributed by atoms with Gasteiger partial charge in [0.2, 0.25) is 0 Å². The van der Waals surface area contributed by atoms with Gasteiger partial charge in [0.1, 0.15) is 5.82 Å². The van der Waals surface area contributed by atoms with E-state index in [4.69, 9.17) is 39.5 Å². The average molecular weight is 336 g/mol. The summed E-state index contributed by atoms with van der Waals surface area (Å²) in [5, 5.41) is 1.05. The fourth-order valence-electron chi connectivity index (χ4n) is 2.38. The van der Waals surface area contributed by atoms with Crippen molar-refractivity contribution in [1.82, 2.24) is 9.55 Å². The predicted molar refractivity (Wildman–Crippen MR) is 85.4 cm³/mol. The number of benzene rings is 1. The van der Waals surface area contributed by atoms with E-state index in [1.807, 2.05) is 6.07 Å². The minimum atomic E-state index is 0.209. The Morgan fingerprint density at radius 1 is 1.30 bits per heavy atom. The van der Waals surface area contributed by atoms with Gasteiger partial charge in [-0.15, -0.1) is 11.6 Å². The number of halogens is 3. The Morgan fingerprint density at radius 2 is 2.00 bits per heavy atom. The van der Waals surface area contributed by atoms with Crippen LogP contribution in [-0.4, -0.2) is 29.1 Å². The fraction of sp³-hybridized carbons (Fsp3) is 0.500. The van der Waals surface area contributed by atoms with E-state index in [2.05, 4.69) is 16.5 Å². The second-order valence-corrected chi connectivity index (χ2v) is 5.80. The third-order valence-electron chi connectivity index (χ3n) is 3.32. The minimum absolute atomic E-state index is 0.209. The van der Waals surface area contributed by atoms with Crippen molar-refractivity contribution in [3.8, 4) is 0 Å². The molecule has 2 aromatic rings. The Balaban J connectivity index is 2.63. The highest BCUT2D eigenvalue weighted by atomic mass is 35.5. The van der Waals surface area contributed by atoms with Crippen LogP contribution in [0.5, 0.6) is 0 Å². The third-order valence-corrected chi connectivity index (χ3v) is 4.23. The minimum Gasteiger partial charge on any atom is -0.383 e. The van der Waals surface area contributed by atoms with Crippen molar-refractivity contribution >= 4 is 45.8 Å². The number of hydrogen-bond donors (Lipinski definition) is 0. The van der Waals surface area contributed by atoms with Crippen LogP contribution in [0, 0.1) is 0 Å². The summed E-state index contributed by atoms with van der Waals surface area (Å²) in [4.78, 5) is 4.64. The van der Waals surface area contributed by atoms with Crippen LogP contribution in [0.15, 0.2) is 12.1 Å². The van der Waals surface area contributed by atoms with Crippen molar-refractivity contribution in [2.75, 3.05) is 19.6 Å². The van der Waals surface area contributed by atoms with Crippen LogP contribution in [0.3, 0.4) is 0 Å². The van der Waals surface area contributed by atoms with Gasteiger partial charge in [0, 0.05) is 19.4 Å². The van der Waals surface area contributed by atoms with Gasteiger partial charge in [0.05, 0.1) is 33.7 Å². The molecule has 1 aromatic carbocycles. The Hall–Kier alpha value is -0.480. The van der Waals surface area contributed by atoms with Crippen molar-refractivity contribution in [2.45, 2.75) is 25.8 Å². The van der Waals surface area contributed by atoms with Crippen LogP contribution in [0.2, 0.25) is 10.0 Å². The largest absolute Gasteiger partial charge is 0.383 e. The van der Waals surface area contributed by atoms with Gasteiger partial charge in [0.25, 0.3) is 0 Å². The van der Waals surface area contributed by atoms with Gasteiger partial charge in [-0.05, 0) is 18.6 Å². The second kappa shape index (κ2) is 6.99. The molecule has 110 valence electrons. The van der Waals surface area contributed by atoms with E-state index >= 15 is 0 Å². The number of ether oxygens (including phenoxy) is 1. The van der Waals surface area contributed by atoms with Crippen LogP contribution in [0.1, 0.15) is 25.2 Å². The van der Waals surface area contributed by atoms with Gasteiger partial charge in [-0.1, -0.05) is 30.1 Å². The molecule has 1 unspecified atom stereocenters. The summed E-state index contributed by atoms with van der Waals surface area (Å²) < 4.78 is 7.48. The summed E-state index contributed by atoms with van der Waals surface area (Å²) in [5.74, 6) is 1.46. The molecule has 0 aliphatic rings. The molecule has 0 fully saturated rings. The number of imidazole rings is 1. The third kappa shape index (κ3) is 3.06. The van der Waals surface area contributed by atoms with E-state index in [0.29, 0.717) is 29.0 Å². The molecule has 0 bridgehead atoms. The van der Waals surface area contributed by atoms with Crippen molar-refractivity contribution in [2.24, 2.45) is 0 Å². The van der Waals surface area contributed by atoms with E-state index in [9.17, 15) is 0 Å². The average Bonchev–Trinajstić information content (AvgIpc) is 2.74. The van der Waals surface area contributed by atoms with Gasteiger partial charge in [-0.3, -0.25) is 0 Å². The van der Waals surface area contributed by atoms with Crippen LogP contribution in [0.25, 0.3) is 11.0 Å². The number of rotatable bonds is 6. The summed E-state index contributed by atoms with van der Waals surface area (Å²) in [6.07, 6.45) is 1.64. The highest BCUT2D eigenvalue weighted by Crippen LogP contribution is 2.31. The first-order valence-corrected chi connectivity index (χ1v) is 7.82. The zero-order valence-electron chi connectivity index (χ0n) is 11.5. The van der Waals surface area contributed by atoms with E-state index in [1.54, 1.807) is 13.2 Å². The van der Waals surface area contributed by atoms with Crippen molar-refractivity contribution in [3.63, 3.8) is 0 Å². The Bertz CT molecular complexity index is 598. The molecule has 0 N–H and O–H groups in total. The maximum absolute atomic E-state index is 6.14. The van der Waals surface area contributed by atoms with Crippen molar-refractivity contribution in [3.05, 3.63) is 28.0 Å². The number of aromatic nitrogens is 2. The first-order valence-electron chi connectivity index (χ1n) is 6.53. The van der Waals surface area contributed by atoms with Gasteiger partial charge < -0.3 is 9.30 Å². The summed E-state index contributed by atoms with van der Waals surface area (Å²) in [5.41, 5.74) is 1.82. The predicted octanol–water partition coefficient (Wildman–Crippen LogP) is 4.72. The molecule has 6 heteroatoms. The number of fused-ring (bicyclic) bond motifs is 1. The van der Waals surface area contributed by atoms with Crippen LogP contribution < -0.4 is 0 Å². The molecule has 0 saturated carbocycles. The Morgan fingerprint density at radius 3 is 2.60 bits per heavy atom. The smallest absolute Gasteiger partial charge is 0.111 e. The van der Waals surface area contributed by atoms with Gasteiger partial charge >= 0.3 is 0 Å². The standard InChI is InChI=1S/C14H17Cl3N2O/c1-3-9(8-20-2)19-13-7-11(17)10(16)6-12(13)18-14(19)4-5-15/h6-7,9H,3-5,8H2,1-2H3. The lowest BCUT2D eigenvalue weighted by Crippen LogP contribution is -2.17. The van der Waals surface area contributed by atoms with Crippen LogP contribution >= 0.6 is 34.8 Å². The first kappa shape index (κ1) is 15.9. The monoisotopic (exact) mass is 334 g/mol. The molecule has 2 rings (SSSR count).